The quantitative estimate of drug-likeness (QED) is 0.833. The first-order valence-corrected chi connectivity index (χ1v) is 6.33. The van der Waals surface area contributed by atoms with E-state index < -0.39 is 0 Å². The number of furan rings is 1. The zero-order valence-electron chi connectivity index (χ0n) is 10.7. The van der Waals surface area contributed by atoms with Crippen LogP contribution in [0.3, 0.4) is 0 Å². The molecular weight excluding hydrogens is 240 g/mol. The molecule has 0 saturated heterocycles. The maximum Gasteiger partial charge on any atom is 0.221 e. The molecule has 1 amide bonds. The van der Waals surface area contributed by atoms with Crippen molar-refractivity contribution in [3.8, 4) is 0 Å². The minimum absolute atomic E-state index is 0.0179. The standard InChI is InChI=1S/C15H18N2O2/c16-10-13(12-5-2-1-3-6-12)9-15(18)17-11-14-7-4-8-19-14/h1-8,13H,9-11,16H2,(H,17,18). The van der Waals surface area contributed by atoms with Crippen LogP contribution in [-0.2, 0) is 11.3 Å². The van der Waals surface area contributed by atoms with Gasteiger partial charge in [-0.25, -0.2) is 0 Å². The van der Waals surface area contributed by atoms with Crippen LogP contribution in [0.15, 0.2) is 53.1 Å². The summed E-state index contributed by atoms with van der Waals surface area (Å²) in [5, 5.41) is 2.83. The zero-order valence-corrected chi connectivity index (χ0v) is 10.7. The minimum Gasteiger partial charge on any atom is -0.467 e. The normalized spacial score (nSPS) is 12.1. The highest BCUT2D eigenvalue weighted by molar-refractivity contribution is 5.76. The van der Waals surface area contributed by atoms with E-state index in [2.05, 4.69) is 5.32 Å². The summed E-state index contributed by atoms with van der Waals surface area (Å²) in [4.78, 5) is 11.9. The zero-order chi connectivity index (χ0) is 13.5. The molecule has 3 N–H and O–H groups in total. The van der Waals surface area contributed by atoms with Crippen molar-refractivity contribution in [3.05, 3.63) is 60.1 Å². The molecule has 0 saturated carbocycles. The van der Waals surface area contributed by atoms with E-state index in [-0.39, 0.29) is 11.8 Å². The van der Waals surface area contributed by atoms with Gasteiger partial charge in [0.25, 0.3) is 0 Å². The van der Waals surface area contributed by atoms with Crippen LogP contribution in [0.25, 0.3) is 0 Å². The maximum atomic E-state index is 11.9. The lowest BCUT2D eigenvalue weighted by Crippen LogP contribution is -2.26. The first kappa shape index (κ1) is 13.4. The fraction of sp³-hybridized carbons (Fsp3) is 0.267. The van der Waals surface area contributed by atoms with Gasteiger partial charge in [0, 0.05) is 12.3 Å². The predicted octanol–water partition coefficient (Wildman–Crippen LogP) is 2.03. The Morgan fingerprint density at radius 3 is 2.63 bits per heavy atom. The molecule has 0 fully saturated rings. The predicted molar refractivity (Wildman–Crippen MR) is 73.4 cm³/mol. The summed E-state index contributed by atoms with van der Waals surface area (Å²) in [6, 6.07) is 13.5. The third-order valence-corrected chi connectivity index (χ3v) is 3.03. The Morgan fingerprint density at radius 2 is 2.00 bits per heavy atom. The van der Waals surface area contributed by atoms with Crippen molar-refractivity contribution in [2.24, 2.45) is 5.73 Å². The summed E-state index contributed by atoms with van der Waals surface area (Å²) in [5.74, 6) is 0.783. The number of hydrogen-bond donors (Lipinski definition) is 2. The molecule has 1 unspecified atom stereocenters. The molecule has 4 nitrogen and oxygen atoms in total. The fourth-order valence-corrected chi connectivity index (χ4v) is 1.96. The van der Waals surface area contributed by atoms with Gasteiger partial charge in [-0.2, -0.15) is 0 Å². The summed E-state index contributed by atoms with van der Waals surface area (Å²) in [6.07, 6.45) is 1.98. The van der Waals surface area contributed by atoms with Gasteiger partial charge >= 0.3 is 0 Å². The monoisotopic (exact) mass is 258 g/mol. The third-order valence-electron chi connectivity index (χ3n) is 3.03. The summed E-state index contributed by atoms with van der Waals surface area (Å²) < 4.78 is 5.16. The van der Waals surface area contributed by atoms with Crippen LogP contribution in [0.4, 0.5) is 0 Å². The third kappa shape index (κ3) is 3.96. The molecule has 19 heavy (non-hydrogen) atoms. The molecule has 0 aliphatic rings. The van der Waals surface area contributed by atoms with Crippen molar-refractivity contribution in [2.45, 2.75) is 18.9 Å². The van der Waals surface area contributed by atoms with Gasteiger partial charge in [-0.1, -0.05) is 30.3 Å². The van der Waals surface area contributed by atoms with E-state index in [9.17, 15) is 4.79 Å². The molecule has 1 aromatic carbocycles. The molecule has 0 aliphatic heterocycles. The molecule has 4 heteroatoms. The second-order valence-electron chi connectivity index (χ2n) is 4.40. The lowest BCUT2D eigenvalue weighted by Gasteiger charge is -2.14. The fourth-order valence-electron chi connectivity index (χ4n) is 1.96. The van der Waals surface area contributed by atoms with Crippen molar-refractivity contribution >= 4 is 5.91 Å². The van der Waals surface area contributed by atoms with E-state index in [0.717, 1.165) is 11.3 Å². The molecule has 1 aromatic heterocycles. The summed E-state index contributed by atoms with van der Waals surface area (Å²) >= 11 is 0. The molecule has 0 spiro atoms. The van der Waals surface area contributed by atoms with E-state index in [1.54, 1.807) is 12.3 Å². The van der Waals surface area contributed by atoms with E-state index in [0.29, 0.717) is 19.5 Å². The molecule has 100 valence electrons. The molecule has 1 atom stereocenters. The van der Waals surface area contributed by atoms with Gasteiger partial charge in [0.15, 0.2) is 0 Å². The molecule has 2 aromatic rings. The lowest BCUT2D eigenvalue weighted by molar-refractivity contribution is -0.121. The van der Waals surface area contributed by atoms with Crippen LogP contribution in [0.5, 0.6) is 0 Å². The Labute approximate surface area is 112 Å². The summed E-state index contributed by atoms with van der Waals surface area (Å²) in [7, 11) is 0. The van der Waals surface area contributed by atoms with Crippen molar-refractivity contribution in [3.63, 3.8) is 0 Å². The Morgan fingerprint density at radius 1 is 1.21 bits per heavy atom. The van der Waals surface area contributed by atoms with Gasteiger partial charge in [0.2, 0.25) is 5.91 Å². The van der Waals surface area contributed by atoms with E-state index in [1.165, 1.54) is 0 Å². The number of rotatable bonds is 6. The smallest absolute Gasteiger partial charge is 0.221 e. The first-order chi connectivity index (χ1) is 9.29. The lowest BCUT2D eigenvalue weighted by atomic mass is 9.95. The number of amides is 1. The summed E-state index contributed by atoms with van der Waals surface area (Å²) in [6.45, 7) is 0.871. The van der Waals surface area contributed by atoms with Gasteiger partial charge < -0.3 is 15.5 Å². The number of hydrogen-bond acceptors (Lipinski definition) is 3. The highest BCUT2D eigenvalue weighted by atomic mass is 16.3. The number of nitrogens with one attached hydrogen (secondary N) is 1. The van der Waals surface area contributed by atoms with Gasteiger partial charge in [0.1, 0.15) is 5.76 Å². The second-order valence-corrected chi connectivity index (χ2v) is 4.40. The highest BCUT2D eigenvalue weighted by Crippen LogP contribution is 2.17. The van der Waals surface area contributed by atoms with Gasteiger partial charge in [-0.3, -0.25) is 4.79 Å². The van der Waals surface area contributed by atoms with Gasteiger partial charge in [0.05, 0.1) is 12.8 Å². The Bertz CT molecular complexity index is 494. The average Bonchev–Trinajstić information content (AvgIpc) is 2.97. The number of carbonyl (C=O) groups excluding carboxylic acids is 1. The molecular formula is C15H18N2O2. The van der Waals surface area contributed by atoms with Crippen LogP contribution in [0.1, 0.15) is 23.7 Å². The van der Waals surface area contributed by atoms with Crippen LogP contribution in [0, 0.1) is 0 Å². The van der Waals surface area contributed by atoms with Crippen molar-refractivity contribution in [1.29, 1.82) is 0 Å². The van der Waals surface area contributed by atoms with E-state index >= 15 is 0 Å². The molecule has 0 radical (unpaired) electrons. The van der Waals surface area contributed by atoms with Crippen LogP contribution in [-0.4, -0.2) is 12.5 Å². The Hall–Kier alpha value is -2.07. The summed E-state index contributed by atoms with van der Waals surface area (Å²) in [5.41, 5.74) is 6.84. The molecule has 2 rings (SSSR count). The minimum atomic E-state index is -0.0179. The molecule has 0 aliphatic carbocycles. The van der Waals surface area contributed by atoms with E-state index in [1.807, 2.05) is 36.4 Å². The number of benzene rings is 1. The van der Waals surface area contributed by atoms with Crippen LogP contribution in [0.2, 0.25) is 0 Å². The van der Waals surface area contributed by atoms with Crippen molar-refractivity contribution < 1.29 is 9.21 Å². The van der Waals surface area contributed by atoms with Crippen LogP contribution < -0.4 is 11.1 Å². The largest absolute Gasteiger partial charge is 0.467 e. The number of nitrogens with two attached hydrogens (primary N) is 1. The topological polar surface area (TPSA) is 68.3 Å². The number of carbonyl (C=O) groups is 1. The highest BCUT2D eigenvalue weighted by Gasteiger charge is 2.14. The van der Waals surface area contributed by atoms with Gasteiger partial charge in [-0.05, 0) is 24.2 Å². The molecule has 0 bridgehead atoms. The van der Waals surface area contributed by atoms with E-state index in [4.69, 9.17) is 10.2 Å². The molecule has 1 heterocycles. The maximum absolute atomic E-state index is 11.9. The van der Waals surface area contributed by atoms with Crippen molar-refractivity contribution in [1.82, 2.24) is 5.32 Å². The van der Waals surface area contributed by atoms with Crippen molar-refractivity contribution in [2.75, 3.05) is 6.54 Å². The first-order valence-electron chi connectivity index (χ1n) is 6.33. The average molecular weight is 258 g/mol. The van der Waals surface area contributed by atoms with Gasteiger partial charge in [-0.15, -0.1) is 0 Å². The Balaban J connectivity index is 1.86. The SMILES string of the molecule is NCC(CC(=O)NCc1ccco1)c1ccccc1. The Kier molecular flexibility index (Phi) is 4.75. The van der Waals surface area contributed by atoms with Crippen LogP contribution >= 0.6 is 0 Å². The second kappa shape index (κ2) is 6.75.